The van der Waals surface area contributed by atoms with E-state index >= 15 is 0 Å². The van der Waals surface area contributed by atoms with E-state index in [-0.39, 0.29) is 18.9 Å². The minimum Gasteiger partial charge on any atom is -0.394 e. The Labute approximate surface area is 507 Å². The van der Waals surface area contributed by atoms with Crippen molar-refractivity contribution in [3.63, 3.8) is 0 Å². The average Bonchev–Trinajstić information content (AvgIpc) is 2.72. The van der Waals surface area contributed by atoms with Gasteiger partial charge >= 0.3 is 0 Å². The third-order valence-electron chi connectivity index (χ3n) is 15.4. The number of hydrogen-bond acceptors (Lipinski definition) is 18. The van der Waals surface area contributed by atoms with E-state index in [0.29, 0.717) is 12.8 Å². The Morgan fingerprint density at radius 2 is 0.824 bits per heavy atom. The minimum atomic E-state index is -1.99. The molecular formula is C66H111NO18. The molecule has 3 fully saturated rings. The molecular weight excluding hydrogens is 1090 g/mol. The molecule has 19 heteroatoms. The van der Waals surface area contributed by atoms with Crippen molar-refractivity contribution in [2.24, 2.45) is 0 Å². The number of carbonyl (C=O) groups is 1. The van der Waals surface area contributed by atoms with Crippen molar-refractivity contribution in [3.05, 3.63) is 97.2 Å². The highest BCUT2D eigenvalue weighted by Gasteiger charge is 2.53. The highest BCUT2D eigenvalue weighted by atomic mass is 16.8. The second-order valence-corrected chi connectivity index (χ2v) is 22.5. The molecule has 1 amide bonds. The van der Waals surface area contributed by atoms with Crippen LogP contribution in [0.3, 0.4) is 0 Å². The third kappa shape index (κ3) is 30.7. The van der Waals surface area contributed by atoms with E-state index in [1.54, 1.807) is 6.08 Å². The molecule has 3 aliphatic rings. The summed E-state index contributed by atoms with van der Waals surface area (Å²) in [5, 5.41) is 120. The smallest absolute Gasteiger partial charge is 0.220 e. The number of hydrogen-bond donors (Lipinski definition) is 12. The molecule has 3 heterocycles. The number of carbonyl (C=O) groups excluding carboxylic acids is 1. The largest absolute Gasteiger partial charge is 0.394 e. The zero-order valence-electron chi connectivity index (χ0n) is 51.0. The van der Waals surface area contributed by atoms with Crippen LogP contribution in [0.5, 0.6) is 0 Å². The number of nitrogens with one attached hydrogen (secondary N) is 1. The van der Waals surface area contributed by atoms with Gasteiger partial charge in [0.25, 0.3) is 0 Å². The van der Waals surface area contributed by atoms with Gasteiger partial charge in [-0.1, -0.05) is 188 Å². The van der Waals surface area contributed by atoms with Gasteiger partial charge in [-0.25, -0.2) is 0 Å². The van der Waals surface area contributed by atoms with Gasteiger partial charge < -0.3 is 89.9 Å². The Balaban J connectivity index is 1.45. The van der Waals surface area contributed by atoms with E-state index in [1.807, 2.05) is 6.08 Å². The van der Waals surface area contributed by atoms with Crippen molar-refractivity contribution in [2.75, 3.05) is 26.4 Å². The van der Waals surface area contributed by atoms with Gasteiger partial charge in [-0.05, 0) is 83.5 Å². The second-order valence-electron chi connectivity index (χ2n) is 22.5. The van der Waals surface area contributed by atoms with E-state index in [0.717, 1.165) is 103 Å². The molecule has 17 unspecified atom stereocenters. The monoisotopic (exact) mass is 1210 g/mol. The third-order valence-corrected chi connectivity index (χ3v) is 15.4. The number of allylic oxidation sites excluding steroid dienone is 15. The lowest BCUT2D eigenvalue weighted by molar-refractivity contribution is -0.379. The van der Waals surface area contributed by atoms with Crippen LogP contribution in [0.15, 0.2) is 97.2 Å². The van der Waals surface area contributed by atoms with Gasteiger partial charge in [0.05, 0.1) is 38.6 Å². The van der Waals surface area contributed by atoms with Crippen molar-refractivity contribution in [3.8, 4) is 0 Å². The summed E-state index contributed by atoms with van der Waals surface area (Å²) in [5.41, 5.74) is 0. The lowest BCUT2D eigenvalue weighted by Crippen LogP contribution is -2.66. The normalized spacial score (nSPS) is 29.6. The maximum absolute atomic E-state index is 13.3. The van der Waals surface area contributed by atoms with Crippen molar-refractivity contribution in [2.45, 2.75) is 285 Å². The van der Waals surface area contributed by atoms with Gasteiger partial charge in [0.1, 0.15) is 73.2 Å². The Bertz CT molecular complexity index is 1920. The molecule has 0 aromatic carbocycles. The maximum atomic E-state index is 13.3. The Morgan fingerprint density at radius 1 is 0.435 bits per heavy atom. The first kappa shape index (κ1) is 76.0. The van der Waals surface area contributed by atoms with E-state index < -0.39 is 124 Å². The number of aliphatic hydroxyl groups excluding tert-OH is 11. The Morgan fingerprint density at radius 3 is 1.32 bits per heavy atom. The fourth-order valence-electron chi connectivity index (χ4n) is 10.1. The fraction of sp³-hybridized carbons (Fsp3) is 0.742. The molecule has 0 saturated carbocycles. The molecule has 488 valence electrons. The van der Waals surface area contributed by atoms with E-state index in [2.05, 4.69) is 104 Å². The van der Waals surface area contributed by atoms with Crippen molar-refractivity contribution >= 4 is 5.91 Å². The van der Waals surface area contributed by atoms with E-state index in [9.17, 15) is 61.0 Å². The molecule has 0 aromatic rings. The summed E-state index contributed by atoms with van der Waals surface area (Å²) in [6.45, 7) is 1.55. The predicted molar refractivity (Wildman–Crippen MR) is 327 cm³/mol. The Hall–Kier alpha value is -3.29. The quantitative estimate of drug-likeness (QED) is 0.0217. The number of unbranched alkanes of at least 4 members (excludes halogenated alkanes) is 16. The predicted octanol–water partition coefficient (Wildman–Crippen LogP) is 6.93. The zero-order chi connectivity index (χ0) is 61.9. The SMILES string of the molecule is CC/C=C\C/C=C\C/C=C\C/C=C\C/C=C\C/C=C\CCCCCCCCCCC(=O)NC(COC1OC(CO)C(OC2OC(CO)C(OC3OC(CO)C(O)C(O)C3O)C(O)C2O)C(O)C1O)C(O)/C=C/CC/C=C/CCCCCCCCC. The number of ether oxygens (including phenoxy) is 6. The standard InChI is InChI=1S/C66H111NO18/c1-3-5-7-9-11-13-15-17-18-19-20-21-22-23-24-25-26-27-28-29-30-32-34-36-38-40-42-44-54(72)67-49(50(71)43-41-39-37-35-33-31-16-14-12-10-8-6-4-2)48-80-64-60(78)57(75)62(52(46-69)82-64)85-66-61(79)58(76)63(53(47-70)83-66)84-65-59(77)56(74)55(73)51(45-68)81-65/h5,7,11,13,17-18,20-21,23-24,26-27,33,35,41,43,49-53,55-66,68-71,73-79H,3-4,6,8-10,12,14-16,19,22,25,28-32,34,36-40,42,44-48H2,1-2H3,(H,67,72)/b7-5-,13-11-,18-17-,21-20-,24-23-,27-26-,35-33+,43-41+. The molecule has 3 rings (SSSR count). The van der Waals surface area contributed by atoms with Crippen molar-refractivity contribution in [1.82, 2.24) is 5.32 Å². The molecule has 12 N–H and O–H groups in total. The van der Waals surface area contributed by atoms with E-state index in [4.69, 9.17) is 28.4 Å². The van der Waals surface area contributed by atoms with Gasteiger partial charge in [-0.3, -0.25) is 4.79 Å². The summed E-state index contributed by atoms with van der Waals surface area (Å²) in [7, 11) is 0. The molecule has 3 aliphatic heterocycles. The van der Waals surface area contributed by atoms with Gasteiger partial charge in [0.2, 0.25) is 5.91 Å². The number of rotatable bonds is 46. The molecule has 0 spiro atoms. The highest BCUT2D eigenvalue weighted by molar-refractivity contribution is 5.76. The van der Waals surface area contributed by atoms with Crippen LogP contribution in [0.1, 0.15) is 181 Å². The number of amides is 1. The molecule has 17 atom stereocenters. The van der Waals surface area contributed by atoms with Gasteiger partial charge in [-0.15, -0.1) is 0 Å². The first-order valence-corrected chi connectivity index (χ1v) is 32.0. The van der Waals surface area contributed by atoms with Crippen LogP contribution in [0, 0.1) is 0 Å². The molecule has 19 nitrogen and oxygen atoms in total. The van der Waals surface area contributed by atoms with Crippen LogP contribution >= 0.6 is 0 Å². The summed E-state index contributed by atoms with van der Waals surface area (Å²) in [4.78, 5) is 13.3. The lowest BCUT2D eigenvalue weighted by atomic mass is 9.96. The molecule has 3 saturated heterocycles. The van der Waals surface area contributed by atoms with Crippen LogP contribution in [-0.2, 0) is 33.2 Å². The van der Waals surface area contributed by atoms with Gasteiger partial charge in [0.15, 0.2) is 18.9 Å². The summed E-state index contributed by atoms with van der Waals surface area (Å²) >= 11 is 0. The van der Waals surface area contributed by atoms with Gasteiger partial charge in [-0.2, -0.15) is 0 Å². The van der Waals surface area contributed by atoms with Crippen LogP contribution in [-0.4, -0.2) is 193 Å². The maximum Gasteiger partial charge on any atom is 0.220 e. The van der Waals surface area contributed by atoms with Gasteiger partial charge in [0, 0.05) is 6.42 Å². The molecule has 0 radical (unpaired) electrons. The Kier molecular flexibility index (Phi) is 42.6. The summed E-state index contributed by atoms with van der Waals surface area (Å²) < 4.78 is 34.2. The molecule has 0 aliphatic carbocycles. The zero-order valence-corrected chi connectivity index (χ0v) is 51.0. The first-order chi connectivity index (χ1) is 41.3. The molecule has 0 bridgehead atoms. The highest BCUT2D eigenvalue weighted by Crippen LogP contribution is 2.33. The lowest BCUT2D eigenvalue weighted by Gasteiger charge is -2.48. The number of aliphatic hydroxyl groups is 11. The average molecular weight is 1210 g/mol. The second kappa shape index (κ2) is 47.7. The topological polar surface area (TPSA) is 307 Å². The van der Waals surface area contributed by atoms with Crippen LogP contribution in [0.4, 0.5) is 0 Å². The van der Waals surface area contributed by atoms with Crippen LogP contribution < -0.4 is 5.32 Å². The van der Waals surface area contributed by atoms with Crippen molar-refractivity contribution in [1.29, 1.82) is 0 Å². The summed E-state index contributed by atoms with van der Waals surface area (Å²) in [6.07, 6.45) is 33.9. The van der Waals surface area contributed by atoms with Crippen LogP contribution in [0.25, 0.3) is 0 Å². The van der Waals surface area contributed by atoms with Crippen LogP contribution in [0.2, 0.25) is 0 Å². The van der Waals surface area contributed by atoms with Crippen molar-refractivity contribution < 1.29 is 89.4 Å². The summed E-state index contributed by atoms with van der Waals surface area (Å²) in [5.74, 6) is -0.300. The molecule has 85 heavy (non-hydrogen) atoms. The molecule has 0 aromatic heterocycles. The van der Waals surface area contributed by atoms with E-state index in [1.165, 1.54) is 44.9 Å². The summed E-state index contributed by atoms with van der Waals surface area (Å²) in [6, 6.07) is -1.00. The fourth-order valence-corrected chi connectivity index (χ4v) is 10.1. The first-order valence-electron chi connectivity index (χ1n) is 32.0. The minimum absolute atomic E-state index is 0.219.